The van der Waals surface area contributed by atoms with Crippen LogP contribution in [0.1, 0.15) is 5.56 Å². The number of rotatable bonds is 2. The van der Waals surface area contributed by atoms with E-state index in [1.54, 1.807) is 24.1 Å². The Morgan fingerprint density at radius 2 is 1.73 bits per heavy atom. The molecule has 26 heavy (non-hydrogen) atoms. The van der Waals surface area contributed by atoms with E-state index in [9.17, 15) is 17.7 Å². The standard InChI is InChI=1S/C18H14F3N3OS/c1-23-10-15-14-9-13(26(2)25)7-8-16(14)24(17(15)22-23)12-5-3-11(4-6-12)18(19,20)21/h3-10H,1-2H3. The van der Waals surface area contributed by atoms with Crippen molar-refractivity contribution in [3.63, 3.8) is 0 Å². The molecule has 134 valence electrons. The number of aryl methyl sites for hydroxylation is 1. The van der Waals surface area contributed by atoms with Crippen LogP contribution in [0.2, 0.25) is 0 Å². The lowest BCUT2D eigenvalue weighted by Crippen LogP contribution is -2.05. The summed E-state index contributed by atoms with van der Waals surface area (Å²) in [5.41, 5.74) is 1.33. The zero-order chi connectivity index (χ0) is 18.6. The van der Waals surface area contributed by atoms with Crippen LogP contribution in [0.4, 0.5) is 13.2 Å². The fraction of sp³-hybridized carbons (Fsp3) is 0.167. The van der Waals surface area contributed by atoms with Crippen molar-refractivity contribution in [2.24, 2.45) is 7.05 Å². The van der Waals surface area contributed by atoms with Crippen LogP contribution in [0, 0.1) is 0 Å². The van der Waals surface area contributed by atoms with E-state index in [-0.39, 0.29) is 0 Å². The second-order valence-corrected chi connectivity index (χ2v) is 7.43. The number of aromatic nitrogens is 3. The molecule has 8 heteroatoms. The number of hydrogen-bond acceptors (Lipinski definition) is 2. The fourth-order valence-corrected chi connectivity index (χ4v) is 3.65. The Kier molecular flexibility index (Phi) is 3.78. The monoisotopic (exact) mass is 377 g/mol. The lowest BCUT2D eigenvalue weighted by Gasteiger charge is -2.10. The zero-order valence-corrected chi connectivity index (χ0v) is 14.7. The zero-order valence-electron chi connectivity index (χ0n) is 13.9. The van der Waals surface area contributed by atoms with E-state index in [2.05, 4.69) is 5.10 Å². The molecule has 2 aromatic carbocycles. The van der Waals surface area contributed by atoms with Gasteiger partial charge in [0.1, 0.15) is 6.26 Å². The van der Waals surface area contributed by atoms with E-state index < -0.39 is 22.9 Å². The van der Waals surface area contributed by atoms with E-state index in [0.717, 1.165) is 28.4 Å². The predicted molar refractivity (Wildman–Crippen MR) is 94.9 cm³/mol. The molecular formula is C18H14F3N3OS. The molecule has 0 aliphatic heterocycles. The highest BCUT2D eigenvalue weighted by molar-refractivity contribution is 7.90. The summed E-state index contributed by atoms with van der Waals surface area (Å²) in [6.07, 6.45) is -0.924. The van der Waals surface area contributed by atoms with Crippen LogP contribution in [0.3, 0.4) is 0 Å². The maximum Gasteiger partial charge on any atom is 0.416 e. The van der Waals surface area contributed by atoms with Gasteiger partial charge in [-0.2, -0.15) is 18.3 Å². The van der Waals surface area contributed by atoms with E-state index in [4.69, 9.17) is 0 Å². The Bertz CT molecular complexity index is 1110. The first-order valence-electron chi connectivity index (χ1n) is 7.74. The average molecular weight is 377 g/mol. The lowest BCUT2D eigenvalue weighted by molar-refractivity contribution is -0.137. The molecule has 4 aromatic rings. The second kappa shape index (κ2) is 5.78. The molecule has 2 heterocycles. The van der Waals surface area contributed by atoms with Gasteiger partial charge in [-0.05, 0) is 47.6 Å². The molecule has 0 saturated carbocycles. The van der Waals surface area contributed by atoms with E-state index >= 15 is 0 Å². The van der Waals surface area contributed by atoms with Crippen LogP contribution in [0.15, 0.2) is 53.6 Å². The molecule has 0 radical (unpaired) electrons. The van der Waals surface area contributed by atoms with Crippen molar-refractivity contribution < 1.29 is 17.7 Å². The van der Waals surface area contributed by atoms with E-state index in [0.29, 0.717) is 16.2 Å². The topological polar surface area (TPSA) is 45.8 Å². The van der Waals surface area contributed by atoms with Crippen LogP contribution in [-0.4, -0.2) is 25.2 Å². The summed E-state index contributed by atoms with van der Waals surface area (Å²) in [5.74, 6) is 0. The maximum atomic E-state index is 12.8. The summed E-state index contributed by atoms with van der Waals surface area (Å²) in [4.78, 5) is 0.688. The van der Waals surface area contributed by atoms with Gasteiger partial charge in [0.15, 0.2) is 10.5 Å². The first-order chi connectivity index (χ1) is 12.3. The Balaban J connectivity index is 1.98. The molecular weight excluding hydrogens is 363 g/mol. The lowest BCUT2D eigenvalue weighted by atomic mass is 10.2. The molecule has 0 spiro atoms. The molecule has 0 saturated heterocycles. The third-order valence-electron chi connectivity index (χ3n) is 4.30. The Hall–Kier alpha value is -2.45. The number of hydrogen-bond donors (Lipinski definition) is 0. The molecule has 2 aromatic heterocycles. The summed E-state index contributed by atoms with van der Waals surface area (Å²) in [5, 5.41) is 6.17. The molecule has 1 atom stereocenters. The van der Waals surface area contributed by atoms with Crippen LogP contribution in [0.25, 0.3) is 27.6 Å². The van der Waals surface area contributed by atoms with E-state index in [1.807, 2.05) is 22.9 Å². The Morgan fingerprint density at radius 3 is 2.35 bits per heavy atom. The molecule has 0 aliphatic rings. The number of alkyl halides is 3. The largest absolute Gasteiger partial charge is 0.612 e. The SMILES string of the molecule is Cn1cc2c3cc([S+](C)[O-])ccc3n(-c3ccc(C(F)(F)F)cc3)c2n1. The summed E-state index contributed by atoms with van der Waals surface area (Å²) in [6.45, 7) is 0. The van der Waals surface area contributed by atoms with Gasteiger partial charge in [-0.1, -0.05) is 0 Å². The first kappa shape index (κ1) is 17.0. The summed E-state index contributed by atoms with van der Waals surface area (Å²) in [6, 6.07) is 10.4. The van der Waals surface area contributed by atoms with Crippen molar-refractivity contribution in [1.29, 1.82) is 0 Å². The van der Waals surface area contributed by atoms with Gasteiger partial charge in [0.05, 0.1) is 11.1 Å². The van der Waals surface area contributed by atoms with Gasteiger partial charge in [-0.25, -0.2) is 0 Å². The molecule has 4 rings (SSSR count). The highest BCUT2D eigenvalue weighted by Gasteiger charge is 2.30. The maximum absolute atomic E-state index is 12.8. The molecule has 4 nitrogen and oxygen atoms in total. The van der Waals surface area contributed by atoms with Gasteiger partial charge < -0.3 is 4.55 Å². The summed E-state index contributed by atoms with van der Waals surface area (Å²) >= 11 is -1.13. The van der Waals surface area contributed by atoms with Gasteiger partial charge in [0.25, 0.3) is 0 Å². The predicted octanol–water partition coefficient (Wildman–Crippen LogP) is 4.27. The minimum atomic E-state index is -4.38. The number of fused-ring (bicyclic) bond motifs is 3. The van der Waals surface area contributed by atoms with Gasteiger partial charge in [0, 0.05) is 35.8 Å². The summed E-state index contributed by atoms with van der Waals surface area (Å²) < 4.78 is 53.8. The van der Waals surface area contributed by atoms with Gasteiger partial charge in [-0.15, -0.1) is 0 Å². The van der Waals surface area contributed by atoms with Crippen molar-refractivity contribution in [2.45, 2.75) is 11.1 Å². The molecule has 1 unspecified atom stereocenters. The van der Waals surface area contributed by atoms with Gasteiger partial charge in [-0.3, -0.25) is 9.25 Å². The highest BCUT2D eigenvalue weighted by atomic mass is 32.2. The normalized spacial score (nSPS) is 13.6. The van der Waals surface area contributed by atoms with Crippen molar-refractivity contribution in [3.05, 3.63) is 54.2 Å². The summed E-state index contributed by atoms with van der Waals surface area (Å²) in [7, 11) is 1.78. The number of halogens is 3. The first-order valence-corrected chi connectivity index (χ1v) is 9.30. The smallest absolute Gasteiger partial charge is 0.416 e. The minimum Gasteiger partial charge on any atom is -0.612 e. The second-order valence-electron chi connectivity index (χ2n) is 6.05. The number of nitrogens with zero attached hydrogens (tertiary/aromatic N) is 3. The minimum absolute atomic E-state index is 0.585. The molecule has 0 aliphatic carbocycles. The van der Waals surface area contributed by atoms with E-state index in [1.165, 1.54) is 12.1 Å². The van der Waals surface area contributed by atoms with Crippen LogP contribution >= 0.6 is 0 Å². The van der Waals surface area contributed by atoms with Gasteiger partial charge in [0.2, 0.25) is 0 Å². The molecule has 0 bridgehead atoms. The average Bonchev–Trinajstić information content (AvgIpc) is 3.08. The van der Waals surface area contributed by atoms with Crippen molar-refractivity contribution in [1.82, 2.24) is 14.3 Å². The highest BCUT2D eigenvalue weighted by Crippen LogP contribution is 2.34. The number of benzene rings is 2. The third kappa shape index (κ3) is 2.65. The van der Waals surface area contributed by atoms with Crippen molar-refractivity contribution in [2.75, 3.05) is 6.26 Å². The molecule has 0 amide bonds. The third-order valence-corrected chi connectivity index (χ3v) is 5.22. The van der Waals surface area contributed by atoms with Crippen LogP contribution < -0.4 is 0 Å². The Morgan fingerprint density at radius 1 is 1.04 bits per heavy atom. The molecule has 0 fully saturated rings. The van der Waals surface area contributed by atoms with Crippen LogP contribution in [-0.2, 0) is 24.4 Å². The van der Waals surface area contributed by atoms with Crippen molar-refractivity contribution >= 4 is 33.1 Å². The fourth-order valence-electron chi connectivity index (χ4n) is 3.11. The molecule has 0 N–H and O–H groups in total. The van der Waals surface area contributed by atoms with Crippen LogP contribution in [0.5, 0.6) is 0 Å². The Labute approximate surface area is 150 Å². The quantitative estimate of drug-likeness (QED) is 0.490. The van der Waals surface area contributed by atoms with Gasteiger partial charge >= 0.3 is 6.18 Å². The van der Waals surface area contributed by atoms with Crippen molar-refractivity contribution in [3.8, 4) is 5.69 Å².